The first-order valence-electron chi connectivity index (χ1n) is 5.33. The van der Waals surface area contributed by atoms with Gasteiger partial charge in [-0.25, -0.2) is 0 Å². The van der Waals surface area contributed by atoms with Gasteiger partial charge in [0.15, 0.2) is 0 Å². The minimum atomic E-state index is 0.0953. The van der Waals surface area contributed by atoms with E-state index in [1.54, 1.807) is 24.3 Å². The van der Waals surface area contributed by atoms with Crippen LogP contribution in [0.25, 0.3) is 0 Å². The maximum atomic E-state index is 10.5. The number of ether oxygens (including phenoxy) is 1. The minimum Gasteiger partial charge on any atom is -0.493 e. The molecule has 0 atom stereocenters. The molecule has 0 N–H and O–H groups in total. The van der Waals surface area contributed by atoms with Crippen molar-refractivity contribution in [3.05, 3.63) is 29.8 Å². The van der Waals surface area contributed by atoms with Crippen LogP contribution >= 0.6 is 0 Å². The molecule has 1 aromatic rings. The highest BCUT2D eigenvalue weighted by Gasteiger charge is 2.43. The number of benzene rings is 1. The van der Waals surface area contributed by atoms with Crippen LogP contribution in [0.15, 0.2) is 24.3 Å². The van der Waals surface area contributed by atoms with Gasteiger partial charge in [-0.3, -0.25) is 4.79 Å². The fraction of sp³-hybridized carbons (Fsp3) is 0.385. The van der Waals surface area contributed by atoms with Crippen LogP contribution < -0.4 is 4.74 Å². The second-order valence-electron chi connectivity index (χ2n) is 4.31. The molecule has 0 aromatic heterocycles. The SMILES string of the molecule is N#CCC1(COc2ccc(C=O)cc2)CC1. The topological polar surface area (TPSA) is 50.1 Å². The van der Waals surface area contributed by atoms with Crippen LogP contribution in [-0.2, 0) is 0 Å². The van der Waals surface area contributed by atoms with Gasteiger partial charge in [0.2, 0.25) is 0 Å². The maximum Gasteiger partial charge on any atom is 0.150 e. The van der Waals surface area contributed by atoms with E-state index in [1.165, 1.54) is 0 Å². The van der Waals surface area contributed by atoms with Crippen molar-refractivity contribution in [3.8, 4) is 11.8 Å². The van der Waals surface area contributed by atoms with E-state index in [9.17, 15) is 4.79 Å². The highest BCUT2D eigenvalue weighted by Crippen LogP contribution is 2.48. The molecule has 3 heteroatoms. The Morgan fingerprint density at radius 3 is 2.56 bits per heavy atom. The Bertz CT molecular complexity index is 413. The number of carbonyl (C=O) groups excluding carboxylic acids is 1. The van der Waals surface area contributed by atoms with E-state index < -0.39 is 0 Å². The third-order valence-corrected chi connectivity index (χ3v) is 2.97. The standard InChI is InChI=1S/C13H13NO2/c14-8-7-13(5-6-13)10-16-12-3-1-11(9-15)2-4-12/h1-4,9H,5-7,10H2. The Balaban J connectivity index is 1.90. The third-order valence-electron chi connectivity index (χ3n) is 2.97. The van der Waals surface area contributed by atoms with Gasteiger partial charge in [0.25, 0.3) is 0 Å². The van der Waals surface area contributed by atoms with Gasteiger partial charge in [0.1, 0.15) is 12.0 Å². The number of nitriles is 1. The lowest BCUT2D eigenvalue weighted by molar-refractivity contribution is 0.112. The van der Waals surface area contributed by atoms with E-state index in [2.05, 4.69) is 6.07 Å². The number of hydrogen-bond donors (Lipinski definition) is 0. The lowest BCUT2D eigenvalue weighted by Crippen LogP contribution is -2.12. The molecule has 1 aliphatic carbocycles. The van der Waals surface area contributed by atoms with Crippen molar-refractivity contribution < 1.29 is 9.53 Å². The normalized spacial score (nSPS) is 16.2. The summed E-state index contributed by atoms with van der Waals surface area (Å²) in [6.45, 7) is 0.598. The molecule has 1 saturated carbocycles. The summed E-state index contributed by atoms with van der Waals surface area (Å²) in [5.41, 5.74) is 0.739. The van der Waals surface area contributed by atoms with Gasteiger partial charge in [0.05, 0.1) is 12.7 Å². The second kappa shape index (κ2) is 4.36. The summed E-state index contributed by atoms with van der Waals surface area (Å²) in [7, 11) is 0. The highest BCUT2D eigenvalue weighted by atomic mass is 16.5. The Labute approximate surface area is 94.6 Å². The smallest absolute Gasteiger partial charge is 0.150 e. The molecule has 2 rings (SSSR count). The molecule has 0 bridgehead atoms. The zero-order chi connectivity index (χ0) is 11.4. The van der Waals surface area contributed by atoms with Crippen LogP contribution in [0.1, 0.15) is 29.6 Å². The number of rotatable bonds is 5. The highest BCUT2D eigenvalue weighted by molar-refractivity contribution is 5.74. The molecule has 16 heavy (non-hydrogen) atoms. The van der Waals surface area contributed by atoms with E-state index in [1.807, 2.05) is 0 Å². The van der Waals surface area contributed by atoms with Crippen molar-refractivity contribution in [1.82, 2.24) is 0 Å². The van der Waals surface area contributed by atoms with E-state index in [-0.39, 0.29) is 5.41 Å². The van der Waals surface area contributed by atoms with Crippen molar-refractivity contribution in [2.75, 3.05) is 6.61 Å². The average molecular weight is 215 g/mol. The molecule has 3 nitrogen and oxygen atoms in total. The molecule has 1 fully saturated rings. The molecule has 0 heterocycles. The van der Waals surface area contributed by atoms with Crippen LogP contribution in [0.2, 0.25) is 0 Å². The van der Waals surface area contributed by atoms with Gasteiger partial charge in [-0.15, -0.1) is 0 Å². The van der Waals surface area contributed by atoms with Gasteiger partial charge in [-0.1, -0.05) is 0 Å². The van der Waals surface area contributed by atoms with E-state index in [0.29, 0.717) is 18.6 Å². The van der Waals surface area contributed by atoms with Crippen molar-refractivity contribution in [2.45, 2.75) is 19.3 Å². The summed E-state index contributed by atoms with van der Waals surface area (Å²) in [5, 5.41) is 8.66. The first kappa shape index (κ1) is 10.7. The molecule has 82 valence electrons. The van der Waals surface area contributed by atoms with Gasteiger partial charge in [-0.2, -0.15) is 5.26 Å². The van der Waals surface area contributed by atoms with Gasteiger partial charge in [0, 0.05) is 17.4 Å². The number of nitrogens with zero attached hydrogens (tertiary/aromatic N) is 1. The molecule has 0 saturated heterocycles. The lowest BCUT2D eigenvalue weighted by atomic mass is 10.1. The molecular weight excluding hydrogens is 202 g/mol. The molecule has 0 aliphatic heterocycles. The van der Waals surface area contributed by atoms with Crippen LogP contribution in [0.4, 0.5) is 0 Å². The Kier molecular flexibility index (Phi) is 2.91. The van der Waals surface area contributed by atoms with E-state index in [4.69, 9.17) is 10.00 Å². The van der Waals surface area contributed by atoms with Crippen molar-refractivity contribution >= 4 is 6.29 Å². The summed E-state index contributed by atoms with van der Waals surface area (Å²) in [5.74, 6) is 0.759. The van der Waals surface area contributed by atoms with E-state index in [0.717, 1.165) is 24.9 Å². The van der Waals surface area contributed by atoms with Crippen LogP contribution in [-0.4, -0.2) is 12.9 Å². The van der Waals surface area contributed by atoms with Crippen molar-refractivity contribution in [3.63, 3.8) is 0 Å². The molecule has 1 aliphatic rings. The molecule has 0 spiro atoms. The predicted molar refractivity (Wildman–Crippen MR) is 59.2 cm³/mol. The van der Waals surface area contributed by atoms with Crippen LogP contribution in [0.5, 0.6) is 5.75 Å². The third kappa shape index (κ3) is 2.40. The van der Waals surface area contributed by atoms with Crippen molar-refractivity contribution in [2.24, 2.45) is 5.41 Å². The molecule has 1 aromatic carbocycles. The monoisotopic (exact) mass is 215 g/mol. The quantitative estimate of drug-likeness (QED) is 0.709. The fourth-order valence-electron chi connectivity index (χ4n) is 1.60. The average Bonchev–Trinajstić information content (AvgIpc) is 3.08. The minimum absolute atomic E-state index is 0.0953. The van der Waals surface area contributed by atoms with Gasteiger partial charge in [-0.05, 0) is 37.1 Å². The summed E-state index contributed by atoms with van der Waals surface area (Å²) in [6.07, 6.45) is 3.53. The summed E-state index contributed by atoms with van der Waals surface area (Å²) in [4.78, 5) is 10.5. The molecule has 0 amide bonds. The molecule has 0 unspecified atom stereocenters. The zero-order valence-corrected chi connectivity index (χ0v) is 8.98. The molecule has 0 radical (unpaired) electrons. The largest absolute Gasteiger partial charge is 0.493 e. The first-order chi connectivity index (χ1) is 7.78. The summed E-state index contributed by atoms with van der Waals surface area (Å²) < 4.78 is 5.62. The van der Waals surface area contributed by atoms with Crippen molar-refractivity contribution in [1.29, 1.82) is 5.26 Å². The molecular formula is C13H13NO2. The lowest BCUT2D eigenvalue weighted by Gasteiger charge is -2.12. The number of carbonyl (C=O) groups is 1. The zero-order valence-electron chi connectivity index (χ0n) is 8.98. The van der Waals surface area contributed by atoms with Gasteiger partial charge >= 0.3 is 0 Å². The Morgan fingerprint density at radius 2 is 2.06 bits per heavy atom. The van der Waals surface area contributed by atoms with E-state index >= 15 is 0 Å². The second-order valence-corrected chi connectivity index (χ2v) is 4.31. The van der Waals surface area contributed by atoms with Crippen LogP contribution in [0, 0.1) is 16.7 Å². The Hall–Kier alpha value is -1.82. The summed E-state index contributed by atoms with van der Waals surface area (Å²) >= 11 is 0. The predicted octanol–water partition coefficient (Wildman–Crippen LogP) is 2.57. The number of aldehydes is 1. The van der Waals surface area contributed by atoms with Crippen LogP contribution in [0.3, 0.4) is 0 Å². The Morgan fingerprint density at radius 1 is 1.38 bits per heavy atom. The maximum absolute atomic E-state index is 10.5. The fourth-order valence-corrected chi connectivity index (χ4v) is 1.60. The number of hydrogen-bond acceptors (Lipinski definition) is 3. The van der Waals surface area contributed by atoms with Gasteiger partial charge < -0.3 is 4.74 Å². The summed E-state index contributed by atoms with van der Waals surface area (Å²) in [6, 6.07) is 9.22. The first-order valence-corrected chi connectivity index (χ1v) is 5.33.